The number of hydrogen-bond donors (Lipinski definition) is 0. The fraction of sp³-hybridized carbons (Fsp3) is 0.867. The van der Waals surface area contributed by atoms with E-state index in [0.717, 1.165) is 19.3 Å². The Balaban J connectivity index is 1.97. The molecule has 1 saturated carbocycles. The lowest BCUT2D eigenvalue weighted by Gasteiger charge is -2.39. The first-order chi connectivity index (χ1) is 9.39. The summed E-state index contributed by atoms with van der Waals surface area (Å²) in [7, 11) is 0. The van der Waals surface area contributed by atoms with Gasteiger partial charge in [0.05, 0.1) is 0 Å². The Morgan fingerprint density at radius 2 is 1.80 bits per heavy atom. The van der Waals surface area contributed by atoms with Gasteiger partial charge in [-0.15, -0.1) is 0 Å². The predicted molar refractivity (Wildman–Crippen MR) is 71.6 cm³/mol. The summed E-state index contributed by atoms with van der Waals surface area (Å²) < 4.78 is 26.3. The Labute approximate surface area is 118 Å². The molecule has 3 nitrogen and oxygen atoms in total. The Morgan fingerprint density at radius 1 is 1.15 bits per heavy atom. The maximum atomic E-state index is 13.2. The molecule has 0 aromatic rings. The van der Waals surface area contributed by atoms with Crippen LogP contribution in [0.1, 0.15) is 58.3 Å². The summed E-state index contributed by atoms with van der Waals surface area (Å²) >= 11 is 0. The van der Waals surface area contributed by atoms with Gasteiger partial charge in [0, 0.05) is 37.8 Å². The maximum absolute atomic E-state index is 13.2. The number of piperidine rings is 1. The Kier molecular flexibility index (Phi) is 4.76. The predicted octanol–water partition coefficient (Wildman–Crippen LogP) is 3.17. The van der Waals surface area contributed by atoms with E-state index >= 15 is 0 Å². The van der Waals surface area contributed by atoms with Gasteiger partial charge in [0.15, 0.2) is 0 Å². The number of rotatable bonds is 3. The molecule has 0 aromatic heterocycles. The molecule has 0 N–H and O–H groups in total. The molecule has 1 aliphatic heterocycles. The van der Waals surface area contributed by atoms with Crippen molar-refractivity contribution in [2.75, 3.05) is 6.54 Å². The molecule has 2 rings (SSSR count). The Bertz CT molecular complexity index is 374. The normalized spacial score (nSPS) is 27.4. The molecule has 1 atom stereocenters. The number of likely N-dealkylation sites (tertiary alicyclic amines) is 1. The standard InChI is InChI=1S/C15H23F2NO2/c1-11(19)10-13-4-2-3-9-18(13)14(20)12-5-7-15(16,17)8-6-12/h12-13H,2-10H2,1H3. The molecular formula is C15H23F2NO2. The lowest BCUT2D eigenvalue weighted by Crippen LogP contribution is -2.48. The quantitative estimate of drug-likeness (QED) is 0.799. The molecule has 0 bridgehead atoms. The van der Waals surface area contributed by atoms with E-state index in [4.69, 9.17) is 0 Å². The van der Waals surface area contributed by atoms with Crippen molar-refractivity contribution in [3.05, 3.63) is 0 Å². The van der Waals surface area contributed by atoms with Crippen LogP contribution in [-0.4, -0.2) is 35.1 Å². The molecule has 0 spiro atoms. The van der Waals surface area contributed by atoms with Crippen LogP contribution in [0.25, 0.3) is 0 Å². The third-order valence-electron chi connectivity index (χ3n) is 4.50. The van der Waals surface area contributed by atoms with E-state index in [1.165, 1.54) is 0 Å². The van der Waals surface area contributed by atoms with E-state index in [0.29, 0.717) is 13.0 Å². The molecule has 5 heteroatoms. The number of alkyl halides is 2. The van der Waals surface area contributed by atoms with Gasteiger partial charge >= 0.3 is 0 Å². The number of amides is 1. The second-order valence-corrected chi connectivity index (χ2v) is 6.22. The van der Waals surface area contributed by atoms with Crippen LogP contribution in [0.15, 0.2) is 0 Å². The van der Waals surface area contributed by atoms with Gasteiger partial charge in [-0.1, -0.05) is 0 Å². The molecule has 114 valence electrons. The smallest absolute Gasteiger partial charge is 0.248 e. The second-order valence-electron chi connectivity index (χ2n) is 6.22. The highest BCUT2D eigenvalue weighted by Gasteiger charge is 2.40. The molecule has 2 aliphatic rings. The van der Waals surface area contributed by atoms with Crippen molar-refractivity contribution in [3.63, 3.8) is 0 Å². The number of carbonyl (C=O) groups excluding carboxylic acids is 2. The van der Waals surface area contributed by atoms with E-state index in [1.54, 1.807) is 11.8 Å². The number of halogens is 2. The summed E-state index contributed by atoms with van der Waals surface area (Å²) in [5.74, 6) is -2.80. The van der Waals surface area contributed by atoms with Crippen molar-refractivity contribution >= 4 is 11.7 Å². The first-order valence-electron chi connectivity index (χ1n) is 7.57. The maximum Gasteiger partial charge on any atom is 0.248 e. The summed E-state index contributed by atoms with van der Waals surface area (Å²) in [6, 6.07) is -0.0174. The number of nitrogens with zero attached hydrogens (tertiary/aromatic N) is 1. The highest BCUT2D eigenvalue weighted by molar-refractivity contribution is 5.81. The van der Waals surface area contributed by atoms with Crippen LogP contribution in [0.2, 0.25) is 0 Å². The van der Waals surface area contributed by atoms with Crippen LogP contribution in [0.4, 0.5) is 8.78 Å². The largest absolute Gasteiger partial charge is 0.339 e. The zero-order valence-electron chi connectivity index (χ0n) is 12.0. The number of Topliss-reactive ketones (excluding diaryl/α,β-unsaturated/α-hetero) is 1. The molecular weight excluding hydrogens is 264 g/mol. The van der Waals surface area contributed by atoms with Crippen LogP contribution in [0.3, 0.4) is 0 Å². The van der Waals surface area contributed by atoms with Gasteiger partial charge in [-0.2, -0.15) is 0 Å². The lowest BCUT2D eigenvalue weighted by molar-refractivity contribution is -0.144. The summed E-state index contributed by atoms with van der Waals surface area (Å²) in [4.78, 5) is 25.6. The lowest BCUT2D eigenvalue weighted by atomic mass is 9.84. The topological polar surface area (TPSA) is 37.4 Å². The number of hydrogen-bond acceptors (Lipinski definition) is 2. The van der Waals surface area contributed by atoms with Crippen LogP contribution >= 0.6 is 0 Å². The van der Waals surface area contributed by atoms with Crippen molar-refractivity contribution in [3.8, 4) is 0 Å². The molecule has 20 heavy (non-hydrogen) atoms. The van der Waals surface area contributed by atoms with Crippen LogP contribution in [-0.2, 0) is 9.59 Å². The van der Waals surface area contributed by atoms with Gasteiger partial charge in [0.1, 0.15) is 5.78 Å². The fourth-order valence-electron chi connectivity index (χ4n) is 3.36. The van der Waals surface area contributed by atoms with E-state index in [1.807, 2.05) is 0 Å². The van der Waals surface area contributed by atoms with Crippen molar-refractivity contribution in [1.82, 2.24) is 4.90 Å². The first kappa shape index (κ1) is 15.4. The average Bonchev–Trinajstić information content (AvgIpc) is 2.38. The van der Waals surface area contributed by atoms with Crippen LogP contribution in [0.5, 0.6) is 0 Å². The van der Waals surface area contributed by atoms with E-state index in [2.05, 4.69) is 0 Å². The van der Waals surface area contributed by atoms with Crippen LogP contribution < -0.4 is 0 Å². The fourth-order valence-corrected chi connectivity index (χ4v) is 3.36. The van der Waals surface area contributed by atoms with Gasteiger partial charge in [0.2, 0.25) is 11.8 Å². The molecule has 1 aliphatic carbocycles. The van der Waals surface area contributed by atoms with Crippen LogP contribution in [0, 0.1) is 5.92 Å². The summed E-state index contributed by atoms with van der Waals surface area (Å²) in [6.07, 6.45) is 3.41. The summed E-state index contributed by atoms with van der Waals surface area (Å²) in [5.41, 5.74) is 0. The van der Waals surface area contributed by atoms with E-state index < -0.39 is 5.92 Å². The zero-order valence-corrected chi connectivity index (χ0v) is 12.0. The van der Waals surface area contributed by atoms with Gasteiger partial charge < -0.3 is 4.90 Å². The SMILES string of the molecule is CC(=O)CC1CCCCN1C(=O)C1CCC(F)(F)CC1. The minimum absolute atomic E-state index is 0.00792. The highest BCUT2D eigenvalue weighted by Crippen LogP contribution is 2.37. The molecule has 0 aromatic carbocycles. The van der Waals surface area contributed by atoms with Gasteiger partial charge in [0.25, 0.3) is 0 Å². The van der Waals surface area contributed by atoms with Crippen molar-refractivity contribution in [1.29, 1.82) is 0 Å². The first-order valence-corrected chi connectivity index (χ1v) is 7.57. The molecule has 0 radical (unpaired) electrons. The number of carbonyl (C=O) groups is 2. The van der Waals surface area contributed by atoms with E-state index in [9.17, 15) is 18.4 Å². The number of ketones is 1. The average molecular weight is 287 g/mol. The minimum Gasteiger partial charge on any atom is -0.339 e. The summed E-state index contributed by atoms with van der Waals surface area (Å²) in [6.45, 7) is 2.21. The molecule has 1 heterocycles. The van der Waals surface area contributed by atoms with E-state index in [-0.39, 0.29) is 49.3 Å². The zero-order chi connectivity index (χ0) is 14.8. The van der Waals surface area contributed by atoms with Crippen molar-refractivity contribution < 1.29 is 18.4 Å². The monoisotopic (exact) mass is 287 g/mol. The van der Waals surface area contributed by atoms with Gasteiger partial charge in [-0.05, 0) is 39.0 Å². The molecule has 2 fully saturated rings. The Morgan fingerprint density at radius 3 is 2.40 bits per heavy atom. The molecule has 1 amide bonds. The Hall–Kier alpha value is -1.00. The van der Waals surface area contributed by atoms with Crippen molar-refractivity contribution in [2.45, 2.75) is 70.3 Å². The second kappa shape index (κ2) is 6.19. The summed E-state index contributed by atoms with van der Waals surface area (Å²) in [5, 5.41) is 0. The third kappa shape index (κ3) is 3.76. The minimum atomic E-state index is -2.60. The molecule has 1 saturated heterocycles. The van der Waals surface area contributed by atoms with Gasteiger partial charge in [-0.3, -0.25) is 9.59 Å². The third-order valence-corrected chi connectivity index (χ3v) is 4.50. The van der Waals surface area contributed by atoms with Crippen molar-refractivity contribution in [2.24, 2.45) is 5.92 Å². The van der Waals surface area contributed by atoms with Gasteiger partial charge in [-0.25, -0.2) is 8.78 Å². The highest BCUT2D eigenvalue weighted by atomic mass is 19.3. The molecule has 1 unspecified atom stereocenters.